The molecule has 0 rings (SSSR count). The smallest absolute Gasteiger partial charge is 0.306 e. The summed E-state index contributed by atoms with van der Waals surface area (Å²) in [5.41, 5.74) is -0.972. The summed E-state index contributed by atoms with van der Waals surface area (Å²) in [6.07, 6.45) is -0.772. The van der Waals surface area contributed by atoms with Crippen molar-refractivity contribution in [3.63, 3.8) is 0 Å². The van der Waals surface area contributed by atoms with Crippen LogP contribution >= 0.6 is 11.8 Å². The molecule has 0 saturated carbocycles. The first kappa shape index (κ1) is 26.4. The van der Waals surface area contributed by atoms with Crippen LogP contribution in [0.5, 0.6) is 0 Å². The minimum atomic E-state index is -1.38. The number of hydrogen-bond acceptors (Lipinski definition) is 8. The molecule has 0 aromatic heterocycles. The van der Waals surface area contributed by atoms with Crippen LogP contribution in [0.3, 0.4) is 0 Å². The lowest BCUT2D eigenvalue weighted by molar-refractivity contribution is -0.143. The SMILES string of the molecule is CCC(CC(=O)OC)C(=O)SCCNC(=O)CCNC(=O)[C@H](O)C(C)(C)CO. The van der Waals surface area contributed by atoms with E-state index in [1.807, 2.05) is 6.92 Å². The van der Waals surface area contributed by atoms with E-state index in [4.69, 9.17) is 5.11 Å². The van der Waals surface area contributed by atoms with Gasteiger partial charge in [-0.3, -0.25) is 19.2 Å². The van der Waals surface area contributed by atoms with Crippen molar-refractivity contribution >= 4 is 34.7 Å². The van der Waals surface area contributed by atoms with Gasteiger partial charge in [-0.05, 0) is 6.42 Å². The predicted octanol–water partition coefficient (Wildman–Crippen LogP) is -0.163. The number of ether oxygens (including phenoxy) is 1. The third-order valence-electron chi connectivity index (χ3n) is 4.18. The zero-order valence-corrected chi connectivity index (χ0v) is 17.8. The van der Waals surface area contributed by atoms with Gasteiger partial charge in [-0.1, -0.05) is 32.5 Å². The van der Waals surface area contributed by atoms with Gasteiger partial charge in [-0.15, -0.1) is 0 Å². The first-order valence-electron chi connectivity index (χ1n) is 9.15. The van der Waals surface area contributed by atoms with Gasteiger partial charge in [0.05, 0.1) is 20.1 Å². The van der Waals surface area contributed by atoms with Crippen LogP contribution in [0.1, 0.15) is 40.0 Å². The standard InChI is InChI=1S/C18H32N2O7S/c1-5-12(10-14(23)27-4)17(26)28-9-8-19-13(22)6-7-20-16(25)15(24)18(2,3)11-21/h12,15,21,24H,5-11H2,1-4H3,(H,19,22)(H,20,25)/t12?,15-/m0/s1. The van der Waals surface area contributed by atoms with Crippen LogP contribution in [0.15, 0.2) is 0 Å². The zero-order valence-electron chi connectivity index (χ0n) is 16.9. The number of aliphatic hydroxyl groups is 2. The maximum atomic E-state index is 12.0. The molecule has 0 radical (unpaired) electrons. The topological polar surface area (TPSA) is 142 Å². The fourth-order valence-electron chi connectivity index (χ4n) is 2.06. The van der Waals surface area contributed by atoms with Gasteiger partial charge in [0.2, 0.25) is 11.8 Å². The van der Waals surface area contributed by atoms with Gasteiger partial charge < -0.3 is 25.6 Å². The van der Waals surface area contributed by atoms with Crippen molar-refractivity contribution in [2.24, 2.45) is 11.3 Å². The van der Waals surface area contributed by atoms with Gasteiger partial charge in [0.1, 0.15) is 6.10 Å². The highest BCUT2D eigenvalue weighted by Gasteiger charge is 2.32. The number of amides is 2. The molecular weight excluding hydrogens is 388 g/mol. The second-order valence-corrected chi connectivity index (χ2v) is 8.09. The van der Waals surface area contributed by atoms with Crippen LogP contribution in [0.25, 0.3) is 0 Å². The number of thioether (sulfide) groups is 1. The average Bonchev–Trinajstić information content (AvgIpc) is 2.67. The molecule has 1 unspecified atom stereocenters. The molecule has 2 atom stereocenters. The number of carbonyl (C=O) groups is 4. The van der Waals surface area contributed by atoms with Gasteiger partial charge in [-0.2, -0.15) is 0 Å². The van der Waals surface area contributed by atoms with Crippen LogP contribution < -0.4 is 10.6 Å². The van der Waals surface area contributed by atoms with Crippen LogP contribution in [0.4, 0.5) is 0 Å². The van der Waals surface area contributed by atoms with E-state index in [0.29, 0.717) is 12.2 Å². The lowest BCUT2D eigenvalue weighted by Gasteiger charge is -2.27. The molecule has 0 aliphatic rings. The minimum Gasteiger partial charge on any atom is -0.469 e. The molecule has 4 N–H and O–H groups in total. The third-order valence-corrected chi connectivity index (χ3v) is 5.21. The number of carbonyl (C=O) groups excluding carboxylic acids is 4. The number of hydrogen-bond donors (Lipinski definition) is 4. The summed E-state index contributed by atoms with van der Waals surface area (Å²) < 4.78 is 4.57. The van der Waals surface area contributed by atoms with E-state index < -0.39 is 29.3 Å². The molecule has 9 nitrogen and oxygen atoms in total. The zero-order chi connectivity index (χ0) is 21.7. The Morgan fingerprint density at radius 1 is 1.14 bits per heavy atom. The predicted molar refractivity (Wildman–Crippen MR) is 105 cm³/mol. The number of nitrogens with one attached hydrogen (secondary N) is 2. The second-order valence-electron chi connectivity index (χ2n) is 6.99. The highest BCUT2D eigenvalue weighted by atomic mass is 32.2. The molecule has 0 aromatic carbocycles. The van der Waals surface area contributed by atoms with Gasteiger partial charge in [-0.25, -0.2) is 0 Å². The summed E-state index contributed by atoms with van der Waals surface area (Å²) in [4.78, 5) is 46.8. The summed E-state index contributed by atoms with van der Waals surface area (Å²) in [5, 5.41) is 23.9. The van der Waals surface area contributed by atoms with Crippen LogP contribution in [-0.4, -0.2) is 71.8 Å². The molecule has 0 heterocycles. The molecule has 0 bridgehead atoms. The van der Waals surface area contributed by atoms with Crippen molar-refractivity contribution in [3.05, 3.63) is 0 Å². The molecule has 10 heteroatoms. The van der Waals surface area contributed by atoms with E-state index >= 15 is 0 Å². The lowest BCUT2D eigenvalue weighted by Crippen LogP contribution is -2.46. The summed E-state index contributed by atoms with van der Waals surface area (Å²) in [5.74, 6) is -1.41. The van der Waals surface area contributed by atoms with Crippen molar-refractivity contribution in [2.75, 3.05) is 32.6 Å². The Morgan fingerprint density at radius 3 is 2.32 bits per heavy atom. The van der Waals surface area contributed by atoms with Crippen molar-refractivity contribution in [3.8, 4) is 0 Å². The number of rotatable bonds is 13. The Hall–Kier alpha value is -1.65. The summed E-state index contributed by atoms with van der Waals surface area (Å²) in [6.45, 7) is 4.90. The minimum absolute atomic E-state index is 0.0244. The molecule has 0 saturated heterocycles. The molecular formula is C18H32N2O7S. The molecule has 0 fully saturated rings. The average molecular weight is 421 g/mol. The maximum absolute atomic E-state index is 12.0. The Balaban J connectivity index is 4.03. The number of esters is 1. The lowest BCUT2D eigenvalue weighted by atomic mass is 9.87. The van der Waals surface area contributed by atoms with Crippen LogP contribution in [0.2, 0.25) is 0 Å². The summed E-state index contributed by atoms with van der Waals surface area (Å²) >= 11 is 1.05. The van der Waals surface area contributed by atoms with Crippen molar-refractivity contribution in [1.82, 2.24) is 10.6 Å². The molecule has 162 valence electrons. The maximum Gasteiger partial charge on any atom is 0.306 e. The largest absolute Gasteiger partial charge is 0.469 e. The quantitative estimate of drug-likeness (QED) is 0.238. The summed E-state index contributed by atoms with van der Waals surface area (Å²) in [7, 11) is 1.28. The molecule has 0 spiro atoms. The van der Waals surface area contributed by atoms with Crippen molar-refractivity contribution in [1.29, 1.82) is 0 Å². The van der Waals surface area contributed by atoms with Gasteiger partial charge in [0.15, 0.2) is 5.12 Å². The van der Waals surface area contributed by atoms with E-state index in [9.17, 15) is 24.3 Å². The fraction of sp³-hybridized carbons (Fsp3) is 0.778. The monoisotopic (exact) mass is 420 g/mol. The fourth-order valence-corrected chi connectivity index (χ4v) is 2.96. The first-order chi connectivity index (χ1) is 13.1. The van der Waals surface area contributed by atoms with Crippen LogP contribution in [-0.2, 0) is 23.9 Å². The normalized spacial score (nSPS) is 13.4. The van der Waals surface area contributed by atoms with Gasteiger partial charge >= 0.3 is 5.97 Å². The Kier molecular flexibility index (Phi) is 12.7. The Morgan fingerprint density at radius 2 is 1.79 bits per heavy atom. The second kappa shape index (κ2) is 13.5. The van der Waals surface area contributed by atoms with E-state index in [1.54, 1.807) is 13.8 Å². The number of methoxy groups -OCH3 is 1. The molecule has 2 amide bonds. The van der Waals surface area contributed by atoms with E-state index in [2.05, 4.69) is 15.4 Å². The van der Waals surface area contributed by atoms with E-state index in [0.717, 1.165) is 11.8 Å². The van der Waals surface area contributed by atoms with Gasteiger partial charge in [0, 0.05) is 36.6 Å². The summed E-state index contributed by atoms with van der Waals surface area (Å²) in [6, 6.07) is 0. The highest BCUT2D eigenvalue weighted by Crippen LogP contribution is 2.19. The molecule has 0 aliphatic carbocycles. The van der Waals surface area contributed by atoms with E-state index in [-0.39, 0.29) is 43.6 Å². The van der Waals surface area contributed by atoms with Crippen molar-refractivity contribution in [2.45, 2.75) is 46.1 Å². The third kappa shape index (κ3) is 10.0. The molecule has 0 aliphatic heterocycles. The molecule has 0 aromatic rings. The van der Waals surface area contributed by atoms with Crippen molar-refractivity contribution < 1.29 is 34.1 Å². The van der Waals surface area contributed by atoms with Crippen LogP contribution in [0, 0.1) is 11.3 Å². The number of aliphatic hydroxyl groups excluding tert-OH is 2. The molecule has 28 heavy (non-hydrogen) atoms. The highest BCUT2D eigenvalue weighted by molar-refractivity contribution is 8.13. The van der Waals surface area contributed by atoms with Gasteiger partial charge in [0.25, 0.3) is 0 Å². The van der Waals surface area contributed by atoms with E-state index in [1.165, 1.54) is 7.11 Å². The Bertz CT molecular complexity index is 540. The Labute approximate surface area is 170 Å². The first-order valence-corrected chi connectivity index (χ1v) is 10.1.